The summed E-state index contributed by atoms with van der Waals surface area (Å²) in [5.74, 6) is 3.01. The fraction of sp³-hybridized carbons (Fsp3) is 0.276. The van der Waals surface area contributed by atoms with Crippen LogP contribution in [0.2, 0.25) is 0 Å². The molecule has 0 spiro atoms. The van der Waals surface area contributed by atoms with Crippen LogP contribution in [0.25, 0.3) is 22.0 Å². The maximum atomic E-state index is 5.83. The van der Waals surface area contributed by atoms with Crippen LogP contribution in [0.1, 0.15) is 22.3 Å². The van der Waals surface area contributed by atoms with Crippen LogP contribution in [0.3, 0.4) is 0 Å². The van der Waals surface area contributed by atoms with Gasteiger partial charge >= 0.3 is 0 Å². The molecule has 1 aliphatic heterocycles. The summed E-state index contributed by atoms with van der Waals surface area (Å²) in [6.45, 7) is 3.04. The van der Waals surface area contributed by atoms with E-state index in [0.29, 0.717) is 0 Å². The van der Waals surface area contributed by atoms with Crippen molar-refractivity contribution in [2.24, 2.45) is 0 Å². The van der Waals surface area contributed by atoms with Gasteiger partial charge in [-0.05, 0) is 47.9 Å². The molecule has 5 nitrogen and oxygen atoms in total. The summed E-state index contributed by atoms with van der Waals surface area (Å²) in [6.07, 6.45) is 3.92. The second-order valence-electron chi connectivity index (χ2n) is 8.63. The Balaban J connectivity index is 0.00000289. The Morgan fingerprint density at radius 1 is 0.800 bits per heavy atom. The molecule has 0 saturated heterocycles. The van der Waals surface area contributed by atoms with Crippen LogP contribution in [-0.4, -0.2) is 28.4 Å². The van der Waals surface area contributed by atoms with Crippen molar-refractivity contribution in [2.45, 2.75) is 26.3 Å². The first-order valence-electron chi connectivity index (χ1n) is 11.5. The molecule has 0 fully saturated rings. The van der Waals surface area contributed by atoms with Crippen molar-refractivity contribution >= 4 is 10.8 Å². The van der Waals surface area contributed by atoms with Gasteiger partial charge in [-0.25, -0.2) is 0 Å². The average Bonchev–Trinajstić information content (AvgIpc) is 2.87. The quantitative estimate of drug-likeness (QED) is 0.355. The standard InChI is InChI=1S/C29H30NO4.BrH/c1-18-8-6-7-9-19(18)14-23-21-10-11-25(31-2)29(34-5)24(21)17-30-13-12-20-15-26(32-3)27(33-4)16-22(20)28(23)30;/h6-11,15-17H,12-14H2,1-5H3;1H/q+1;/p-1. The zero-order chi connectivity index (χ0) is 23.8. The van der Waals surface area contributed by atoms with Crippen LogP contribution in [0, 0.1) is 6.92 Å². The number of halogens is 1. The van der Waals surface area contributed by atoms with Crippen molar-refractivity contribution < 1.29 is 40.5 Å². The second-order valence-corrected chi connectivity index (χ2v) is 8.63. The zero-order valence-electron chi connectivity index (χ0n) is 20.8. The van der Waals surface area contributed by atoms with Crippen LogP contribution < -0.4 is 40.5 Å². The molecule has 0 amide bonds. The predicted molar refractivity (Wildman–Crippen MR) is 133 cm³/mol. The molecular weight excluding hydrogens is 506 g/mol. The van der Waals surface area contributed by atoms with E-state index < -0.39 is 0 Å². The maximum absolute atomic E-state index is 5.83. The summed E-state index contributed by atoms with van der Waals surface area (Å²) in [5.41, 5.74) is 7.51. The van der Waals surface area contributed by atoms with E-state index >= 15 is 0 Å². The molecule has 0 unspecified atom stereocenters. The van der Waals surface area contributed by atoms with Gasteiger partial charge in [0.1, 0.15) is 0 Å². The molecule has 0 saturated carbocycles. The van der Waals surface area contributed by atoms with Gasteiger partial charge in [0.15, 0.2) is 35.7 Å². The van der Waals surface area contributed by atoms with Crippen molar-refractivity contribution in [3.05, 3.63) is 77.0 Å². The van der Waals surface area contributed by atoms with Crippen molar-refractivity contribution in [1.29, 1.82) is 0 Å². The van der Waals surface area contributed by atoms with Gasteiger partial charge in [-0.15, -0.1) is 0 Å². The number of aryl methyl sites for hydroxylation is 3. The Hall–Kier alpha value is -3.25. The Morgan fingerprint density at radius 2 is 1.51 bits per heavy atom. The van der Waals surface area contributed by atoms with Crippen LogP contribution in [0.5, 0.6) is 23.0 Å². The van der Waals surface area contributed by atoms with Gasteiger partial charge in [0, 0.05) is 23.8 Å². The molecular formula is C29H30BrNO4. The van der Waals surface area contributed by atoms with E-state index in [1.807, 2.05) is 6.07 Å². The second kappa shape index (κ2) is 10.2. The highest BCUT2D eigenvalue weighted by molar-refractivity contribution is 5.95. The third-order valence-corrected chi connectivity index (χ3v) is 6.88. The summed E-state index contributed by atoms with van der Waals surface area (Å²) >= 11 is 0. The smallest absolute Gasteiger partial charge is 0.217 e. The summed E-state index contributed by atoms with van der Waals surface area (Å²) in [5, 5.41) is 2.22. The molecule has 6 heteroatoms. The van der Waals surface area contributed by atoms with Gasteiger partial charge in [0.25, 0.3) is 0 Å². The molecule has 0 bridgehead atoms. The molecule has 5 rings (SSSR count). The molecule has 3 aromatic carbocycles. The van der Waals surface area contributed by atoms with Crippen molar-refractivity contribution in [3.63, 3.8) is 0 Å². The van der Waals surface area contributed by atoms with Crippen molar-refractivity contribution in [3.8, 4) is 34.3 Å². The number of rotatable bonds is 6. The van der Waals surface area contributed by atoms with Gasteiger partial charge in [-0.1, -0.05) is 24.3 Å². The molecule has 2 heterocycles. The summed E-state index contributed by atoms with van der Waals surface area (Å²) < 4.78 is 25.1. The Labute approximate surface area is 217 Å². The number of pyridine rings is 1. The van der Waals surface area contributed by atoms with E-state index in [-0.39, 0.29) is 17.0 Å². The summed E-state index contributed by atoms with van der Waals surface area (Å²) in [4.78, 5) is 0. The third-order valence-electron chi connectivity index (χ3n) is 6.88. The Kier molecular flexibility index (Phi) is 7.22. The molecule has 1 aliphatic rings. The molecule has 4 aromatic rings. The normalized spacial score (nSPS) is 11.8. The number of hydrogen-bond acceptors (Lipinski definition) is 4. The molecule has 0 N–H and O–H groups in total. The van der Waals surface area contributed by atoms with Gasteiger partial charge in [-0.3, -0.25) is 0 Å². The molecule has 1 aromatic heterocycles. The minimum Gasteiger partial charge on any atom is -1.00 e. The van der Waals surface area contributed by atoms with E-state index in [9.17, 15) is 0 Å². The molecule has 0 atom stereocenters. The summed E-state index contributed by atoms with van der Waals surface area (Å²) in [6, 6.07) is 17.0. The highest BCUT2D eigenvalue weighted by Gasteiger charge is 2.31. The van der Waals surface area contributed by atoms with Crippen LogP contribution in [0.4, 0.5) is 0 Å². The lowest BCUT2D eigenvalue weighted by Crippen LogP contribution is -3.00. The van der Waals surface area contributed by atoms with E-state index in [2.05, 4.69) is 60.2 Å². The van der Waals surface area contributed by atoms with E-state index in [0.717, 1.165) is 53.2 Å². The Bertz CT molecular complexity index is 1400. The number of nitrogens with zero attached hydrogens (tertiary/aromatic N) is 1. The van der Waals surface area contributed by atoms with Crippen molar-refractivity contribution in [1.82, 2.24) is 0 Å². The van der Waals surface area contributed by atoms with Gasteiger partial charge in [-0.2, -0.15) is 4.57 Å². The molecule has 0 radical (unpaired) electrons. The van der Waals surface area contributed by atoms with E-state index in [1.165, 1.54) is 33.5 Å². The first kappa shape index (κ1) is 24.9. The zero-order valence-corrected chi connectivity index (χ0v) is 22.4. The monoisotopic (exact) mass is 535 g/mol. The first-order valence-corrected chi connectivity index (χ1v) is 11.5. The van der Waals surface area contributed by atoms with Crippen LogP contribution in [-0.2, 0) is 19.4 Å². The lowest BCUT2D eigenvalue weighted by atomic mass is 9.88. The molecule has 182 valence electrons. The van der Waals surface area contributed by atoms with Gasteiger partial charge in [0.2, 0.25) is 5.69 Å². The third kappa shape index (κ3) is 4.20. The van der Waals surface area contributed by atoms with E-state index in [4.69, 9.17) is 18.9 Å². The fourth-order valence-corrected chi connectivity index (χ4v) is 5.12. The number of methoxy groups -OCH3 is 4. The minimum atomic E-state index is 0. The minimum absolute atomic E-state index is 0. The number of benzene rings is 3. The lowest BCUT2D eigenvalue weighted by molar-refractivity contribution is -0.686. The number of ether oxygens (including phenoxy) is 4. The number of aromatic nitrogens is 1. The van der Waals surface area contributed by atoms with Crippen molar-refractivity contribution in [2.75, 3.05) is 28.4 Å². The van der Waals surface area contributed by atoms with E-state index in [1.54, 1.807) is 28.4 Å². The highest BCUT2D eigenvalue weighted by atomic mass is 79.9. The Morgan fingerprint density at radius 3 is 2.20 bits per heavy atom. The summed E-state index contributed by atoms with van der Waals surface area (Å²) in [7, 11) is 6.76. The van der Waals surface area contributed by atoms with Gasteiger partial charge in [0.05, 0.1) is 39.4 Å². The average molecular weight is 536 g/mol. The number of fused-ring (bicyclic) bond motifs is 4. The maximum Gasteiger partial charge on any atom is 0.217 e. The van der Waals surface area contributed by atoms with Crippen LogP contribution >= 0.6 is 0 Å². The number of hydrogen-bond donors (Lipinski definition) is 0. The molecule has 0 aliphatic carbocycles. The van der Waals surface area contributed by atoms with Gasteiger partial charge < -0.3 is 35.9 Å². The first-order chi connectivity index (χ1) is 16.6. The molecule has 35 heavy (non-hydrogen) atoms. The largest absolute Gasteiger partial charge is 1.00 e. The lowest BCUT2D eigenvalue weighted by Gasteiger charge is -2.22. The highest BCUT2D eigenvalue weighted by Crippen LogP contribution is 2.43. The predicted octanol–water partition coefficient (Wildman–Crippen LogP) is 2.29. The fourth-order valence-electron chi connectivity index (χ4n) is 5.12. The topological polar surface area (TPSA) is 40.8 Å². The SMILES string of the molecule is COc1cc2c(cc1OC)-c1c(Cc3ccccc3C)c3ccc(OC)c(OC)c3c[n+]1CC2.[Br-]. The van der Waals surface area contributed by atoms with Crippen LogP contribution in [0.15, 0.2) is 54.7 Å².